The number of ether oxygens (including phenoxy) is 1. The molecule has 4 fully saturated rings. The lowest BCUT2D eigenvalue weighted by Crippen LogP contribution is -3.56. The van der Waals surface area contributed by atoms with Crippen molar-refractivity contribution in [2.24, 2.45) is 0 Å². The second kappa shape index (κ2) is 5.94. The first-order valence-electron chi connectivity index (χ1n) is 10.6. The van der Waals surface area contributed by atoms with Gasteiger partial charge < -0.3 is 14.5 Å². The Labute approximate surface area is 173 Å². The molecule has 4 N–H and O–H groups in total. The maximum Gasteiger partial charge on any atom is 0.336 e. The van der Waals surface area contributed by atoms with Gasteiger partial charge in [-0.1, -0.05) is 0 Å². The fraction of sp³-hybridized carbons (Fsp3) is 0.455. The molecule has 0 aliphatic carbocycles. The second-order valence-corrected chi connectivity index (χ2v) is 9.85. The van der Waals surface area contributed by atoms with Crippen molar-refractivity contribution in [2.75, 3.05) is 39.6 Å². The largest absolute Gasteiger partial charge is 0.479 e. The maximum absolute atomic E-state index is 13.4. The van der Waals surface area contributed by atoms with Gasteiger partial charge in [0.25, 0.3) is 0 Å². The fourth-order valence-corrected chi connectivity index (χ4v) is 5.98. The lowest BCUT2D eigenvalue weighted by atomic mass is 9.86. The minimum Gasteiger partial charge on any atom is -0.479 e. The topological polar surface area (TPSA) is 81.9 Å². The summed E-state index contributed by atoms with van der Waals surface area (Å²) in [5.41, 5.74) is 0.0574. The zero-order valence-corrected chi connectivity index (χ0v) is 17.3. The molecule has 4 bridgehead atoms. The summed E-state index contributed by atoms with van der Waals surface area (Å²) < 4.78 is 11.5. The van der Waals surface area contributed by atoms with Crippen LogP contribution in [0.25, 0.3) is 16.5 Å². The first-order valence-corrected chi connectivity index (χ1v) is 10.6. The second-order valence-electron chi connectivity index (χ2n) is 9.85. The molecule has 5 aliphatic rings. The number of Topliss-reactive ketones (excluding diaryl/α,β-unsaturated/α-hetero) is 1. The standard InChI is InChI=1S/C22H24N4O4/c1-21(2)20(28)15(7-23-22-8-24-11-25(9-22)13-26(10-22)12-24)18-16(30-21)5-3-14-4-6-17(27)29-19(14)18/h3-7,23H,8-13H2,1-2H3/p+3. The molecule has 156 valence electrons. The average molecular weight is 411 g/mol. The van der Waals surface area contributed by atoms with E-state index in [2.05, 4.69) is 5.32 Å². The number of nitrogens with one attached hydrogen (secondary N) is 4. The Morgan fingerprint density at radius 1 is 0.967 bits per heavy atom. The minimum atomic E-state index is -0.983. The van der Waals surface area contributed by atoms with E-state index in [1.807, 2.05) is 18.3 Å². The Balaban J connectivity index is 1.47. The van der Waals surface area contributed by atoms with E-state index in [0.29, 0.717) is 22.5 Å². The molecule has 8 heteroatoms. The van der Waals surface area contributed by atoms with Gasteiger partial charge in [-0.2, -0.15) is 0 Å². The summed E-state index contributed by atoms with van der Waals surface area (Å²) in [5, 5.41) is 4.43. The van der Waals surface area contributed by atoms with Crippen molar-refractivity contribution in [3.63, 3.8) is 0 Å². The van der Waals surface area contributed by atoms with E-state index in [-0.39, 0.29) is 11.3 Å². The van der Waals surface area contributed by atoms with Crippen molar-refractivity contribution in [2.45, 2.75) is 25.0 Å². The summed E-state index contributed by atoms with van der Waals surface area (Å²) in [6, 6.07) is 6.83. The van der Waals surface area contributed by atoms with E-state index in [0.717, 1.165) is 25.0 Å². The lowest BCUT2D eigenvalue weighted by Gasteiger charge is -2.52. The molecule has 0 atom stereocenters. The normalized spacial score (nSPS) is 34.8. The summed E-state index contributed by atoms with van der Waals surface area (Å²) in [4.78, 5) is 30.2. The third-order valence-corrected chi connectivity index (χ3v) is 6.97. The number of ketones is 1. The van der Waals surface area contributed by atoms with Crippen LogP contribution in [0.2, 0.25) is 0 Å². The van der Waals surface area contributed by atoms with Crippen molar-refractivity contribution in [3.05, 3.63) is 46.4 Å². The van der Waals surface area contributed by atoms with Gasteiger partial charge in [0.05, 0.1) is 11.1 Å². The Kier molecular flexibility index (Phi) is 3.58. The van der Waals surface area contributed by atoms with Crippen LogP contribution in [0.4, 0.5) is 0 Å². The van der Waals surface area contributed by atoms with Gasteiger partial charge in [-0.25, -0.2) is 19.5 Å². The number of benzene rings is 1. The quantitative estimate of drug-likeness (QED) is 0.309. The van der Waals surface area contributed by atoms with Gasteiger partial charge in [-0.15, -0.1) is 0 Å². The van der Waals surface area contributed by atoms with Crippen molar-refractivity contribution < 1.29 is 28.6 Å². The van der Waals surface area contributed by atoms with E-state index in [4.69, 9.17) is 9.15 Å². The highest BCUT2D eigenvalue weighted by molar-refractivity contribution is 6.28. The molecule has 0 amide bonds. The third-order valence-electron chi connectivity index (χ3n) is 6.97. The molecule has 0 radical (unpaired) electrons. The van der Waals surface area contributed by atoms with Gasteiger partial charge in [-0.3, -0.25) is 4.79 Å². The molecule has 2 aromatic rings. The molecule has 4 saturated heterocycles. The van der Waals surface area contributed by atoms with Crippen LogP contribution in [-0.2, 0) is 4.79 Å². The zero-order valence-electron chi connectivity index (χ0n) is 17.3. The average Bonchev–Trinajstić information content (AvgIpc) is 2.67. The van der Waals surface area contributed by atoms with E-state index in [1.54, 1.807) is 34.6 Å². The number of hydrogen-bond acceptors (Lipinski definition) is 5. The van der Waals surface area contributed by atoms with Gasteiger partial charge >= 0.3 is 5.63 Å². The monoisotopic (exact) mass is 411 g/mol. The molecular formula is C22H27N4O4+3. The first-order chi connectivity index (χ1) is 14.3. The third kappa shape index (κ3) is 2.64. The van der Waals surface area contributed by atoms with Crippen molar-refractivity contribution in [3.8, 4) is 5.75 Å². The van der Waals surface area contributed by atoms with Gasteiger partial charge in [-0.05, 0) is 32.0 Å². The van der Waals surface area contributed by atoms with Gasteiger partial charge in [0, 0.05) is 17.7 Å². The van der Waals surface area contributed by atoms with Gasteiger partial charge in [0.1, 0.15) is 31.0 Å². The van der Waals surface area contributed by atoms with E-state index in [9.17, 15) is 9.59 Å². The number of hydrogen-bond donors (Lipinski definition) is 4. The number of carbonyl (C=O) groups excluding carboxylic acids is 1. The van der Waals surface area contributed by atoms with Crippen LogP contribution in [0.5, 0.6) is 5.75 Å². The molecular weight excluding hydrogens is 384 g/mol. The Morgan fingerprint density at radius 2 is 1.60 bits per heavy atom. The zero-order chi connectivity index (χ0) is 20.7. The van der Waals surface area contributed by atoms with Crippen LogP contribution in [-0.4, -0.2) is 56.6 Å². The van der Waals surface area contributed by atoms with E-state index < -0.39 is 11.2 Å². The van der Waals surface area contributed by atoms with Crippen LogP contribution in [0.3, 0.4) is 0 Å². The molecule has 1 aromatic carbocycles. The molecule has 7 rings (SSSR count). The van der Waals surface area contributed by atoms with E-state index in [1.165, 1.54) is 26.1 Å². The van der Waals surface area contributed by atoms with Crippen LogP contribution in [0, 0.1) is 0 Å². The first kappa shape index (κ1) is 18.1. The Bertz CT molecular complexity index is 1130. The molecule has 0 unspecified atom stereocenters. The van der Waals surface area contributed by atoms with Crippen LogP contribution < -0.4 is 30.4 Å². The lowest BCUT2D eigenvalue weighted by molar-refractivity contribution is -1.30. The number of quaternary nitrogens is 3. The van der Waals surface area contributed by atoms with Crippen LogP contribution in [0.15, 0.2) is 39.7 Å². The smallest absolute Gasteiger partial charge is 0.336 e. The predicted molar refractivity (Wildman–Crippen MR) is 108 cm³/mol. The summed E-state index contributed by atoms with van der Waals surface area (Å²) >= 11 is 0. The SMILES string of the molecule is CC1(C)Oc2ccc3ccc(=O)oc3c2C(=CNC23C[NH+]4C[NH+](C[NH+](C4)C2)C3)C1=O. The molecule has 0 spiro atoms. The van der Waals surface area contributed by atoms with Crippen LogP contribution in [0.1, 0.15) is 19.4 Å². The molecule has 6 heterocycles. The summed E-state index contributed by atoms with van der Waals surface area (Å²) in [5.74, 6) is 0.456. The van der Waals surface area contributed by atoms with Crippen molar-refractivity contribution in [1.82, 2.24) is 5.32 Å². The maximum atomic E-state index is 13.4. The molecule has 1 aromatic heterocycles. The van der Waals surface area contributed by atoms with Crippen molar-refractivity contribution in [1.29, 1.82) is 0 Å². The highest BCUT2D eigenvalue weighted by Gasteiger charge is 2.57. The van der Waals surface area contributed by atoms with Crippen molar-refractivity contribution >= 4 is 22.3 Å². The predicted octanol–water partition coefficient (Wildman–Crippen LogP) is -3.23. The number of rotatable bonds is 2. The number of carbonyl (C=O) groups is 1. The summed E-state index contributed by atoms with van der Waals surface area (Å²) in [7, 11) is 0. The molecule has 30 heavy (non-hydrogen) atoms. The molecule has 0 saturated carbocycles. The van der Waals surface area contributed by atoms with Gasteiger partial charge in [0.15, 0.2) is 11.1 Å². The highest BCUT2D eigenvalue weighted by Crippen LogP contribution is 2.41. The Hall–Kier alpha value is -2.68. The summed E-state index contributed by atoms with van der Waals surface area (Å²) in [6.45, 7) is 10.3. The molecule has 8 nitrogen and oxygen atoms in total. The summed E-state index contributed by atoms with van der Waals surface area (Å²) in [6.07, 6.45) is 1.87. The van der Waals surface area contributed by atoms with E-state index >= 15 is 0 Å². The highest BCUT2D eigenvalue weighted by atomic mass is 16.5. The van der Waals surface area contributed by atoms with Gasteiger partial charge in [0.2, 0.25) is 25.8 Å². The fourth-order valence-electron chi connectivity index (χ4n) is 5.98. The molecule has 5 aliphatic heterocycles. The minimum absolute atomic E-state index is 0.0178. The Morgan fingerprint density at radius 3 is 2.27 bits per heavy atom. The van der Waals surface area contributed by atoms with Crippen LogP contribution >= 0.6 is 0 Å². The number of fused-ring (bicyclic) bond motifs is 3.